The molecule has 0 bridgehead atoms. The number of hydrogen-bond acceptors (Lipinski definition) is 1. The van der Waals surface area contributed by atoms with Gasteiger partial charge in [0.15, 0.2) is 0 Å². The highest BCUT2D eigenvalue weighted by Gasteiger charge is 1.92. The molecule has 0 fully saturated rings. The van der Waals surface area contributed by atoms with E-state index in [-0.39, 0.29) is 5.82 Å². The lowest BCUT2D eigenvalue weighted by atomic mass is 10.2. The van der Waals surface area contributed by atoms with Crippen LogP contribution in [0.4, 0.5) is 4.39 Å². The number of halogens is 2. The van der Waals surface area contributed by atoms with Gasteiger partial charge in [0.05, 0.1) is 0 Å². The van der Waals surface area contributed by atoms with E-state index in [1.54, 1.807) is 12.1 Å². The molecule has 1 N–H and O–H groups in total. The Hall–Kier alpha value is -0.600. The highest BCUT2D eigenvalue weighted by molar-refractivity contribution is 6.17. The van der Waals surface area contributed by atoms with Crippen molar-refractivity contribution in [1.82, 2.24) is 5.32 Å². The minimum absolute atomic E-state index is 0.190. The number of rotatable bonds is 5. The number of alkyl halides is 1. The second kappa shape index (κ2) is 5.95. The summed E-state index contributed by atoms with van der Waals surface area (Å²) in [6.45, 7) is 1.68. The van der Waals surface area contributed by atoms with Crippen molar-refractivity contribution in [3.63, 3.8) is 0 Å². The van der Waals surface area contributed by atoms with Gasteiger partial charge in [-0.1, -0.05) is 12.1 Å². The molecule has 0 heterocycles. The molecule has 0 atom stereocenters. The third-order valence-electron chi connectivity index (χ3n) is 1.73. The van der Waals surface area contributed by atoms with E-state index in [0.29, 0.717) is 5.88 Å². The van der Waals surface area contributed by atoms with Gasteiger partial charge in [-0.05, 0) is 30.7 Å². The summed E-state index contributed by atoms with van der Waals surface area (Å²) in [5.74, 6) is 0.487. The van der Waals surface area contributed by atoms with Gasteiger partial charge in [-0.3, -0.25) is 0 Å². The summed E-state index contributed by atoms with van der Waals surface area (Å²) in [7, 11) is 0. The van der Waals surface area contributed by atoms with E-state index in [1.807, 2.05) is 0 Å². The monoisotopic (exact) mass is 201 g/mol. The van der Waals surface area contributed by atoms with Gasteiger partial charge in [0.25, 0.3) is 0 Å². The van der Waals surface area contributed by atoms with Gasteiger partial charge in [-0.25, -0.2) is 4.39 Å². The molecule has 0 spiro atoms. The smallest absolute Gasteiger partial charge is 0.123 e. The molecule has 0 aliphatic heterocycles. The van der Waals surface area contributed by atoms with Crippen LogP contribution in [0.15, 0.2) is 24.3 Å². The molecule has 1 nitrogen and oxygen atoms in total. The molecule has 0 amide bonds. The molecule has 3 heteroatoms. The van der Waals surface area contributed by atoms with Crippen molar-refractivity contribution in [2.45, 2.75) is 13.0 Å². The fourth-order valence-corrected chi connectivity index (χ4v) is 1.16. The van der Waals surface area contributed by atoms with Crippen LogP contribution in [-0.2, 0) is 6.54 Å². The Bertz CT molecular complexity index is 235. The maximum Gasteiger partial charge on any atom is 0.123 e. The van der Waals surface area contributed by atoms with Gasteiger partial charge in [-0.15, -0.1) is 11.6 Å². The van der Waals surface area contributed by atoms with Crippen LogP contribution in [-0.4, -0.2) is 12.4 Å². The Labute approximate surface area is 82.9 Å². The molecule has 0 radical (unpaired) electrons. The highest BCUT2D eigenvalue weighted by atomic mass is 35.5. The lowest BCUT2D eigenvalue weighted by Gasteiger charge is -2.02. The van der Waals surface area contributed by atoms with Gasteiger partial charge in [0.2, 0.25) is 0 Å². The molecule has 72 valence electrons. The quantitative estimate of drug-likeness (QED) is 0.570. The minimum atomic E-state index is -0.190. The van der Waals surface area contributed by atoms with Crippen LogP contribution in [0.2, 0.25) is 0 Å². The Morgan fingerprint density at radius 2 is 1.92 bits per heavy atom. The molecule has 13 heavy (non-hydrogen) atoms. The van der Waals surface area contributed by atoms with Crippen LogP contribution in [0.1, 0.15) is 12.0 Å². The summed E-state index contributed by atoms with van der Waals surface area (Å²) in [6, 6.07) is 6.50. The molecule has 1 rings (SSSR count). The number of hydrogen-bond donors (Lipinski definition) is 1. The molecule has 0 aliphatic rings. The summed E-state index contributed by atoms with van der Waals surface area (Å²) in [4.78, 5) is 0. The van der Waals surface area contributed by atoms with E-state index in [2.05, 4.69) is 5.32 Å². The fraction of sp³-hybridized carbons (Fsp3) is 0.400. The predicted octanol–water partition coefficient (Wildman–Crippen LogP) is 2.54. The van der Waals surface area contributed by atoms with Crippen LogP contribution in [0.5, 0.6) is 0 Å². The van der Waals surface area contributed by atoms with Crippen molar-refractivity contribution in [2.75, 3.05) is 12.4 Å². The van der Waals surface area contributed by atoms with E-state index in [9.17, 15) is 4.39 Å². The Morgan fingerprint density at radius 1 is 1.23 bits per heavy atom. The van der Waals surface area contributed by atoms with Crippen LogP contribution < -0.4 is 5.32 Å². The summed E-state index contributed by atoms with van der Waals surface area (Å²) in [5, 5.41) is 3.22. The third kappa shape index (κ3) is 4.25. The van der Waals surface area contributed by atoms with Gasteiger partial charge < -0.3 is 5.32 Å². The maximum atomic E-state index is 12.5. The van der Waals surface area contributed by atoms with Crippen molar-refractivity contribution in [3.8, 4) is 0 Å². The zero-order chi connectivity index (χ0) is 9.52. The van der Waals surface area contributed by atoms with E-state index in [0.717, 1.165) is 25.1 Å². The highest BCUT2D eigenvalue weighted by Crippen LogP contribution is 2.01. The number of nitrogens with one attached hydrogen (secondary N) is 1. The maximum absolute atomic E-state index is 12.5. The van der Waals surface area contributed by atoms with Gasteiger partial charge in [0.1, 0.15) is 5.82 Å². The standard InChI is InChI=1S/C10H13ClFN/c11-6-1-7-13-8-9-2-4-10(12)5-3-9/h2-5,13H,1,6-8H2. The second-order valence-electron chi connectivity index (χ2n) is 2.85. The SMILES string of the molecule is Fc1ccc(CNCCCCl)cc1. The van der Waals surface area contributed by atoms with Gasteiger partial charge in [0, 0.05) is 12.4 Å². The summed E-state index contributed by atoms with van der Waals surface area (Å²) < 4.78 is 12.5. The predicted molar refractivity (Wildman–Crippen MR) is 53.4 cm³/mol. The van der Waals surface area contributed by atoms with Crippen LogP contribution >= 0.6 is 11.6 Å². The Kier molecular flexibility index (Phi) is 4.79. The number of benzene rings is 1. The Balaban J connectivity index is 2.25. The third-order valence-corrected chi connectivity index (χ3v) is 2.00. The average Bonchev–Trinajstić information content (AvgIpc) is 2.15. The van der Waals surface area contributed by atoms with Crippen molar-refractivity contribution >= 4 is 11.6 Å². The van der Waals surface area contributed by atoms with E-state index >= 15 is 0 Å². The van der Waals surface area contributed by atoms with E-state index in [4.69, 9.17) is 11.6 Å². The molecule has 0 saturated heterocycles. The lowest BCUT2D eigenvalue weighted by molar-refractivity contribution is 0.624. The first-order valence-corrected chi connectivity index (χ1v) is 4.87. The average molecular weight is 202 g/mol. The summed E-state index contributed by atoms with van der Waals surface area (Å²) in [6.07, 6.45) is 0.961. The molecule has 0 aliphatic carbocycles. The first-order valence-electron chi connectivity index (χ1n) is 4.34. The van der Waals surface area contributed by atoms with E-state index in [1.165, 1.54) is 12.1 Å². The van der Waals surface area contributed by atoms with Crippen LogP contribution in [0, 0.1) is 5.82 Å². The zero-order valence-corrected chi connectivity index (χ0v) is 8.15. The van der Waals surface area contributed by atoms with Crippen LogP contribution in [0.3, 0.4) is 0 Å². The fourth-order valence-electron chi connectivity index (χ4n) is 1.03. The molecule has 0 unspecified atom stereocenters. The molecule has 1 aromatic rings. The van der Waals surface area contributed by atoms with Crippen molar-refractivity contribution < 1.29 is 4.39 Å². The first-order chi connectivity index (χ1) is 6.33. The summed E-state index contributed by atoms with van der Waals surface area (Å²) >= 11 is 5.51. The van der Waals surface area contributed by atoms with Gasteiger partial charge in [-0.2, -0.15) is 0 Å². The lowest BCUT2D eigenvalue weighted by Crippen LogP contribution is -2.14. The topological polar surface area (TPSA) is 12.0 Å². The second-order valence-corrected chi connectivity index (χ2v) is 3.22. The Morgan fingerprint density at radius 3 is 2.54 bits per heavy atom. The molecular weight excluding hydrogens is 189 g/mol. The van der Waals surface area contributed by atoms with Crippen molar-refractivity contribution in [2.24, 2.45) is 0 Å². The molecule has 0 saturated carbocycles. The largest absolute Gasteiger partial charge is 0.313 e. The minimum Gasteiger partial charge on any atom is -0.313 e. The van der Waals surface area contributed by atoms with Crippen LogP contribution in [0.25, 0.3) is 0 Å². The van der Waals surface area contributed by atoms with Crippen molar-refractivity contribution in [3.05, 3.63) is 35.6 Å². The normalized spacial score (nSPS) is 10.3. The molecular formula is C10H13ClFN. The summed E-state index contributed by atoms with van der Waals surface area (Å²) in [5.41, 5.74) is 1.09. The first kappa shape index (κ1) is 10.5. The zero-order valence-electron chi connectivity index (χ0n) is 7.39. The van der Waals surface area contributed by atoms with E-state index < -0.39 is 0 Å². The molecule has 1 aromatic carbocycles. The van der Waals surface area contributed by atoms with Gasteiger partial charge >= 0.3 is 0 Å². The van der Waals surface area contributed by atoms with Crippen molar-refractivity contribution in [1.29, 1.82) is 0 Å². The molecule has 0 aromatic heterocycles.